The fraction of sp³-hybridized carbons (Fsp3) is 0.571. The first-order valence-corrected chi connectivity index (χ1v) is 6.59. The number of alkyl halides is 3. The molecule has 0 bridgehead atoms. The molecule has 6 heteroatoms. The van der Waals surface area contributed by atoms with Crippen LogP contribution in [0.5, 0.6) is 0 Å². The van der Waals surface area contributed by atoms with E-state index >= 15 is 0 Å². The minimum absolute atomic E-state index is 0.165. The molecule has 0 amide bonds. The van der Waals surface area contributed by atoms with Gasteiger partial charge in [0.1, 0.15) is 0 Å². The molecule has 0 aliphatic heterocycles. The number of benzene rings is 1. The van der Waals surface area contributed by atoms with Crippen molar-refractivity contribution in [1.82, 2.24) is 0 Å². The molecule has 0 heterocycles. The maximum Gasteiger partial charge on any atom is 0.418 e. The summed E-state index contributed by atoms with van der Waals surface area (Å²) in [4.78, 5) is 1.56. The Bertz CT molecular complexity index is 421. The van der Waals surface area contributed by atoms with E-state index in [2.05, 4.69) is 0 Å². The van der Waals surface area contributed by atoms with Crippen molar-refractivity contribution < 1.29 is 17.9 Å². The van der Waals surface area contributed by atoms with Crippen LogP contribution in [0.1, 0.15) is 18.1 Å². The minimum atomic E-state index is -4.38. The zero-order chi connectivity index (χ0) is 15.2. The van der Waals surface area contributed by atoms with Gasteiger partial charge in [-0.2, -0.15) is 13.2 Å². The molecule has 20 heavy (non-hydrogen) atoms. The number of hydrogen-bond acceptors (Lipinski definition) is 3. The summed E-state index contributed by atoms with van der Waals surface area (Å²) in [6.45, 7) is 3.54. The normalized spacial score (nSPS) is 11.7. The maximum absolute atomic E-state index is 13.1. The van der Waals surface area contributed by atoms with E-state index in [1.54, 1.807) is 18.0 Å². The summed E-state index contributed by atoms with van der Waals surface area (Å²) in [5, 5.41) is 0. The van der Waals surface area contributed by atoms with Gasteiger partial charge in [-0.25, -0.2) is 0 Å². The number of rotatable bonds is 7. The Morgan fingerprint density at radius 3 is 2.55 bits per heavy atom. The molecule has 0 aliphatic carbocycles. The number of likely N-dealkylation sites (N-methyl/N-ethyl adjacent to an activating group) is 1. The number of nitrogens with two attached hydrogens (primary N) is 1. The predicted molar refractivity (Wildman–Crippen MR) is 74.0 cm³/mol. The standard InChI is InChI=1S/C14H21F3N2O/c1-3-20-9-8-19(2)13-5-4-11(6-7-18)10-12(13)14(15,16)17/h4-5,10H,3,6-9,18H2,1-2H3. The van der Waals surface area contributed by atoms with Gasteiger partial charge in [-0.1, -0.05) is 6.07 Å². The van der Waals surface area contributed by atoms with Gasteiger partial charge in [0.05, 0.1) is 12.2 Å². The van der Waals surface area contributed by atoms with E-state index in [0.717, 1.165) is 0 Å². The van der Waals surface area contributed by atoms with E-state index in [-0.39, 0.29) is 5.69 Å². The third kappa shape index (κ3) is 4.68. The third-order valence-corrected chi connectivity index (χ3v) is 2.99. The lowest BCUT2D eigenvalue weighted by molar-refractivity contribution is -0.137. The predicted octanol–water partition coefficient (Wildman–Crippen LogP) is 2.68. The van der Waals surface area contributed by atoms with Gasteiger partial charge in [0, 0.05) is 25.9 Å². The van der Waals surface area contributed by atoms with Crippen LogP contribution in [0.4, 0.5) is 18.9 Å². The van der Waals surface area contributed by atoms with Gasteiger partial charge in [0.2, 0.25) is 0 Å². The summed E-state index contributed by atoms with van der Waals surface area (Å²) in [5.41, 5.74) is 5.53. The molecule has 1 rings (SSSR count). The van der Waals surface area contributed by atoms with E-state index in [4.69, 9.17) is 10.5 Å². The van der Waals surface area contributed by atoms with Gasteiger partial charge >= 0.3 is 6.18 Å². The summed E-state index contributed by atoms with van der Waals surface area (Å²) >= 11 is 0. The second-order valence-corrected chi connectivity index (χ2v) is 4.51. The Morgan fingerprint density at radius 2 is 2.00 bits per heavy atom. The number of halogens is 3. The molecule has 3 nitrogen and oxygen atoms in total. The molecular weight excluding hydrogens is 269 g/mol. The van der Waals surface area contributed by atoms with Gasteiger partial charge < -0.3 is 15.4 Å². The molecule has 2 N–H and O–H groups in total. The molecule has 1 aromatic rings. The fourth-order valence-corrected chi connectivity index (χ4v) is 1.93. The van der Waals surface area contributed by atoms with Gasteiger partial charge in [-0.05, 0) is 37.6 Å². The Kier molecular flexibility index (Phi) is 6.29. The van der Waals surface area contributed by atoms with Crippen molar-refractivity contribution in [1.29, 1.82) is 0 Å². The lowest BCUT2D eigenvalue weighted by Gasteiger charge is -2.24. The van der Waals surface area contributed by atoms with Crippen molar-refractivity contribution in [2.75, 3.05) is 38.3 Å². The fourth-order valence-electron chi connectivity index (χ4n) is 1.93. The first kappa shape index (κ1) is 16.8. The average Bonchev–Trinajstić information content (AvgIpc) is 2.38. The average molecular weight is 290 g/mol. The molecule has 1 aromatic carbocycles. The van der Waals surface area contributed by atoms with Crippen LogP contribution in [0.15, 0.2) is 18.2 Å². The molecule has 0 unspecified atom stereocenters. The molecule has 114 valence electrons. The van der Waals surface area contributed by atoms with Crippen LogP contribution in [0.25, 0.3) is 0 Å². The topological polar surface area (TPSA) is 38.5 Å². The highest BCUT2D eigenvalue weighted by atomic mass is 19.4. The Morgan fingerprint density at radius 1 is 1.30 bits per heavy atom. The highest BCUT2D eigenvalue weighted by molar-refractivity contribution is 5.56. The van der Waals surface area contributed by atoms with E-state index in [1.807, 2.05) is 6.92 Å². The van der Waals surface area contributed by atoms with Crippen molar-refractivity contribution >= 4 is 5.69 Å². The molecule has 0 radical (unpaired) electrons. The lowest BCUT2D eigenvalue weighted by Crippen LogP contribution is -2.25. The minimum Gasteiger partial charge on any atom is -0.380 e. The number of nitrogens with zero attached hydrogens (tertiary/aromatic N) is 1. The molecule has 0 aromatic heterocycles. The van der Waals surface area contributed by atoms with Crippen LogP contribution in [0.2, 0.25) is 0 Å². The molecule has 0 saturated heterocycles. The number of hydrogen-bond donors (Lipinski definition) is 1. The summed E-state index contributed by atoms with van der Waals surface area (Å²) in [5.74, 6) is 0. The monoisotopic (exact) mass is 290 g/mol. The summed E-state index contributed by atoms with van der Waals surface area (Å²) < 4.78 is 44.6. The third-order valence-electron chi connectivity index (χ3n) is 2.99. The molecule has 0 atom stereocenters. The summed E-state index contributed by atoms with van der Waals surface area (Å²) in [7, 11) is 1.63. The Balaban J connectivity index is 2.99. The molecule has 0 fully saturated rings. The quantitative estimate of drug-likeness (QED) is 0.785. The van der Waals surface area contributed by atoms with Crippen LogP contribution in [0.3, 0.4) is 0 Å². The van der Waals surface area contributed by atoms with E-state index in [1.165, 1.54) is 12.1 Å². The second-order valence-electron chi connectivity index (χ2n) is 4.51. The molecule has 0 aliphatic rings. The second kappa shape index (κ2) is 7.50. The first-order chi connectivity index (χ1) is 9.40. The highest BCUT2D eigenvalue weighted by Gasteiger charge is 2.34. The summed E-state index contributed by atoms with van der Waals surface area (Å²) in [6.07, 6.45) is -3.94. The van der Waals surface area contributed by atoms with Crippen LogP contribution in [0, 0.1) is 0 Å². The van der Waals surface area contributed by atoms with Crippen LogP contribution in [-0.4, -0.2) is 33.4 Å². The van der Waals surface area contributed by atoms with Crippen molar-refractivity contribution in [2.45, 2.75) is 19.5 Å². The van der Waals surface area contributed by atoms with Gasteiger partial charge in [-0.3, -0.25) is 0 Å². The Hall–Kier alpha value is -1.27. The molecule has 0 saturated carbocycles. The number of ether oxygens (including phenoxy) is 1. The van der Waals surface area contributed by atoms with E-state index in [0.29, 0.717) is 38.3 Å². The van der Waals surface area contributed by atoms with Crippen LogP contribution < -0.4 is 10.6 Å². The highest BCUT2D eigenvalue weighted by Crippen LogP contribution is 2.36. The zero-order valence-electron chi connectivity index (χ0n) is 11.8. The number of anilines is 1. The van der Waals surface area contributed by atoms with Gasteiger partial charge in [-0.15, -0.1) is 0 Å². The van der Waals surface area contributed by atoms with Crippen molar-refractivity contribution in [3.63, 3.8) is 0 Å². The van der Waals surface area contributed by atoms with Crippen LogP contribution in [-0.2, 0) is 17.3 Å². The lowest BCUT2D eigenvalue weighted by atomic mass is 10.0. The Labute approximate surface area is 117 Å². The van der Waals surface area contributed by atoms with E-state index in [9.17, 15) is 13.2 Å². The van der Waals surface area contributed by atoms with Crippen LogP contribution >= 0.6 is 0 Å². The smallest absolute Gasteiger partial charge is 0.380 e. The zero-order valence-corrected chi connectivity index (χ0v) is 11.8. The SMILES string of the molecule is CCOCCN(C)c1ccc(CCN)cc1C(F)(F)F. The van der Waals surface area contributed by atoms with E-state index < -0.39 is 11.7 Å². The van der Waals surface area contributed by atoms with Crippen molar-refractivity contribution in [3.05, 3.63) is 29.3 Å². The van der Waals surface area contributed by atoms with Gasteiger partial charge in [0.25, 0.3) is 0 Å². The van der Waals surface area contributed by atoms with Crippen molar-refractivity contribution in [2.24, 2.45) is 5.73 Å². The summed E-state index contributed by atoms with van der Waals surface area (Å²) in [6, 6.07) is 4.37. The molecule has 0 spiro atoms. The van der Waals surface area contributed by atoms with Crippen molar-refractivity contribution in [3.8, 4) is 0 Å². The first-order valence-electron chi connectivity index (χ1n) is 6.59. The maximum atomic E-state index is 13.1. The largest absolute Gasteiger partial charge is 0.418 e. The van der Waals surface area contributed by atoms with Gasteiger partial charge in [0.15, 0.2) is 0 Å². The molecular formula is C14H21F3N2O.